The summed E-state index contributed by atoms with van der Waals surface area (Å²) in [6.07, 6.45) is 1.77. The maximum absolute atomic E-state index is 4.21. The molecule has 3 rings (SSSR count). The first-order chi connectivity index (χ1) is 9.33. The Morgan fingerprint density at radius 3 is 2.42 bits per heavy atom. The largest absolute Gasteiger partial charge is 0.309 e. The fourth-order valence-electron chi connectivity index (χ4n) is 1.97. The lowest BCUT2D eigenvalue weighted by molar-refractivity contribution is 0.803. The summed E-state index contributed by atoms with van der Waals surface area (Å²) >= 11 is 3.44. The SMILES string of the molecule is Brc1ccc(-c2nncn2Cc2ccccc2)cc1. The van der Waals surface area contributed by atoms with Gasteiger partial charge in [0, 0.05) is 10.0 Å². The molecule has 0 N–H and O–H groups in total. The topological polar surface area (TPSA) is 30.7 Å². The molecule has 19 heavy (non-hydrogen) atoms. The van der Waals surface area contributed by atoms with Gasteiger partial charge in [0.15, 0.2) is 5.82 Å². The molecule has 0 aliphatic carbocycles. The first kappa shape index (κ1) is 12.1. The van der Waals surface area contributed by atoms with E-state index in [4.69, 9.17) is 0 Å². The molecule has 1 aromatic heterocycles. The third-order valence-electron chi connectivity index (χ3n) is 2.91. The highest BCUT2D eigenvalue weighted by molar-refractivity contribution is 9.10. The maximum Gasteiger partial charge on any atom is 0.164 e. The lowest BCUT2D eigenvalue weighted by Gasteiger charge is -2.06. The molecule has 0 spiro atoms. The van der Waals surface area contributed by atoms with Crippen LogP contribution >= 0.6 is 15.9 Å². The molecule has 0 bridgehead atoms. The van der Waals surface area contributed by atoms with Gasteiger partial charge in [0.25, 0.3) is 0 Å². The van der Waals surface area contributed by atoms with Crippen molar-refractivity contribution in [2.75, 3.05) is 0 Å². The van der Waals surface area contributed by atoms with Crippen molar-refractivity contribution in [3.8, 4) is 11.4 Å². The number of aromatic nitrogens is 3. The van der Waals surface area contributed by atoms with Crippen LogP contribution in [0.4, 0.5) is 0 Å². The Balaban J connectivity index is 1.92. The van der Waals surface area contributed by atoms with Gasteiger partial charge in [0.05, 0.1) is 6.54 Å². The molecule has 0 amide bonds. The number of nitrogens with zero attached hydrogens (tertiary/aromatic N) is 3. The predicted octanol–water partition coefficient (Wildman–Crippen LogP) is 3.76. The third kappa shape index (κ3) is 2.74. The zero-order chi connectivity index (χ0) is 13.1. The average molecular weight is 314 g/mol. The van der Waals surface area contributed by atoms with Gasteiger partial charge >= 0.3 is 0 Å². The van der Waals surface area contributed by atoms with Gasteiger partial charge in [-0.25, -0.2) is 0 Å². The Kier molecular flexibility index (Phi) is 3.42. The van der Waals surface area contributed by atoms with E-state index < -0.39 is 0 Å². The smallest absolute Gasteiger partial charge is 0.164 e. The van der Waals surface area contributed by atoms with E-state index in [1.165, 1.54) is 5.56 Å². The monoisotopic (exact) mass is 313 g/mol. The zero-order valence-corrected chi connectivity index (χ0v) is 11.8. The molecule has 4 heteroatoms. The van der Waals surface area contributed by atoms with E-state index in [-0.39, 0.29) is 0 Å². The van der Waals surface area contributed by atoms with Crippen LogP contribution in [0.1, 0.15) is 5.56 Å². The molecule has 3 nitrogen and oxygen atoms in total. The third-order valence-corrected chi connectivity index (χ3v) is 3.44. The Bertz CT molecular complexity index is 659. The van der Waals surface area contributed by atoms with Crippen LogP contribution in [0.15, 0.2) is 65.4 Å². The van der Waals surface area contributed by atoms with Crippen LogP contribution in [0.3, 0.4) is 0 Å². The minimum Gasteiger partial charge on any atom is -0.309 e. The van der Waals surface area contributed by atoms with Gasteiger partial charge in [-0.3, -0.25) is 0 Å². The molecule has 3 aromatic rings. The minimum atomic E-state index is 0.777. The van der Waals surface area contributed by atoms with Crippen molar-refractivity contribution in [2.45, 2.75) is 6.54 Å². The Morgan fingerprint density at radius 1 is 0.947 bits per heavy atom. The van der Waals surface area contributed by atoms with Gasteiger partial charge in [-0.05, 0) is 17.7 Å². The summed E-state index contributed by atoms with van der Waals surface area (Å²) in [5.74, 6) is 0.886. The van der Waals surface area contributed by atoms with Gasteiger partial charge in [-0.1, -0.05) is 58.4 Å². The summed E-state index contributed by atoms with van der Waals surface area (Å²) in [6.45, 7) is 0.777. The van der Waals surface area contributed by atoms with Crippen LogP contribution in [0.5, 0.6) is 0 Å². The van der Waals surface area contributed by atoms with Crippen molar-refractivity contribution >= 4 is 15.9 Å². The van der Waals surface area contributed by atoms with Gasteiger partial charge in [0.1, 0.15) is 6.33 Å². The molecule has 0 radical (unpaired) electrons. The second-order valence-corrected chi connectivity index (χ2v) is 5.19. The Labute approximate surface area is 120 Å². The summed E-state index contributed by atoms with van der Waals surface area (Å²) in [5.41, 5.74) is 2.30. The highest BCUT2D eigenvalue weighted by atomic mass is 79.9. The highest BCUT2D eigenvalue weighted by Crippen LogP contribution is 2.20. The summed E-state index contributed by atoms with van der Waals surface area (Å²) in [7, 11) is 0. The predicted molar refractivity (Wildman–Crippen MR) is 78.7 cm³/mol. The summed E-state index contributed by atoms with van der Waals surface area (Å²) in [5, 5.41) is 8.23. The maximum atomic E-state index is 4.21. The van der Waals surface area contributed by atoms with Crippen LogP contribution < -0.4 is 0 Å². The van der Waals surface area contributed by atoms with Crippen LogP contribution in [-0.2, 0) is 6.54 Å². The number of benzene rings is 2. The molecule has 0 fully saturated rings. The van der Waals surface area contributed by atoms with Crippen molar-refractivity contribution in [1.82, 2.24) is 14.8 Å². The number of halogens is 1. The van der Waals surface area contributed by atoms with Crippen molar-refractivity contribution < 1.29 is 0 Å². The van der Waals surface area contributed by atoms with Gasteiger partial charge in [-0.15, -0.1) is 10.2 Å². The van der Waals surface area contributed by atoms with E-state index in [1.807, 2.05) is 42.5 Å². The first-order valence-corrected chi connectivity index (χ1v) is 6.80. The number of rotatable bonds is 3. The zero-order valence-electron chi connectivity index (χ0n) is 10.2. The van der Waals surface area contributed by atoms with Gasteiger partial charge < -0.3 is 4.57 Å². The van der Waals surface area contributed by atoms with E-state index in [1.54, 1.807) is 6.33 Å². The van der Waals surface area contributed by atoms with Crippen molar-refractivity contribution in [3.63, 3.8) is 0 Å². The van der Waals surface area contributed by atoms with E-state index in [9.17, 15) is 0 Å². The van der Waals surface area contributed by atoms with Crippen LogP contribution in [0.2, 0.25) is 0 Å². The quantitative estimate of drug-likeness (QED) is 0.737. The molecule has 0 saturated heterocycles. The molecule has 0 atom stereocenters. The molecule has 2 aromatic carbocycles. The molecule has 0 unspecified atom stereocenters. The fraction of sp³-hybridized carbons (Fsp3) is 0.0667. The second-order valence-electron chi connectivity index (χ2n) is 4.27. The fourth-order valence-corrected chi connectivity index (χ4v) is 2.24. The Morgan fingerprint density at radius 2 is 1.68 bits per heavy atom. The summed E-state index contributed by atoms with van der Waals surface area (Å²) in [4.78, 5) is 0. The molecular weight excluding hydrogens is 302 g/mol. The van der Waals surface area contributed by atoms with E-state index in [0.717, 1.165) is 22.4 Å². The highest BCUT2D eigenvalue weighted by Gasteiger charge is 2.07. The van der Waals surface area contributed by atoms with E-state index in [0.29, 0.717) is 0 Å². The van der Waals surface area contributed by atoms with Crippen molar-refractivity contribution in [2.24, 2.45) is 0 Å². The van der Waals surface area contributed by atoms with Crippen LogP contribution in [-0.4, -0.2) is 14.8 Å². The van der Waals surface area contributed by atoms with Gasteiger partial charge in [0.2, 0.25) is 0 Å². The van der Waals surface area contributed by atoms with E-state index in [2.05, 4.69) is 42.8 Å². The normalized spacial score (nSPS) is 10.6. The molecule has 0 saturated carbocycles. The first-order valence-electron chi connectivity index (χ1n) is 6.00. The minimum absolute atomic E-state index is 0.777. The summed E-state index contributed by atoms with van der Waals surface area (Å²) < 4.78 is 3.11. The molecule has 0 aliphatic heterocycles. The average Bonchev–Trinajstić information content (AvgIpc) is 2.89. The number of hydrogen-bond donors (Lipinski definition) is 0. The Hall–Kier alpha value is -1.94. The number of hydrogen-bond acceptors (Lipinski definition) is 2. The van der Waals surface area contributed by atoms with Crippen LogP contribution in [0.25, 0.3) is 11.4 Å². The van der Waals surface area contributed by atoms with Crippen LogP contribution in [0, 0.1) is 0 Å². The van der Waals surface area contributed by atoms with Gasteiger partial charge in [-0.2, -0.15) is 0 Å². The van der Waals surface area contributed by atoms with E-state index >= 15 is 0 Å². The summed E-state index contributed by atoms with van der Waals surface area (Å²) in [6, 6.07) is 18.4. The lowest BCUT2D eigenvalue weighted by Crippen LogP contribution is -2.00. The molecule has 1 heterocycles. The standard InChI is InChI=1S/C15H12BrN3/c16-14-8-6-13(7-9-14)15-18-17-11-19(15)10-12-4-2-1-3-5-12/h1-9,11H,10H2. The molecule has 94 valence electrons. The lowest BCUT2D eigenvalue weighted by atomic mass is 10.2. The van der Waals surface area contributed by atoms with Crippen molar-refractivity contribution in [1.29, 1.82) is 0 Å². The molecule has 0 aliphatic rings. The second kappa shape index (κ2) is 5.36. The molecular formula is C15H12BrN3. The van der Waals surface area contributed by atoms with Crippen molar-refractivity contribution in [3.05, 3.63) is 71.0 Å².